The number of hydrogen-bond acceptors (Lipinski definition) is 1. The smallest absolute Gasteiger partial charge is 0.119 e. The molecule has 1 aromatic carbocycles. The van der Waals surface area contributed by atoms with Gasteiger partial charge < -0.3 is 4.74 Å². The molecule has 0 bridgehead atoms. The average Bonchev–Trinajstić information content (AvgIpc) is 2.25. The minimum atomic E-state index is 0.508. The Kier molecular flexibility index (Phi) is 4.28. The lowest BCUT2D eigenvalue weighted by atomic mass is 9.81. The number of hydrogen-bond donors (Lipinski definition) is 0. The van der Waals surface area contributed by atoms with E-state index in [4.69, 9.17) is 4.74 Å². The summed E-state index contributed by atoms with van der Waals surface area (Å²) in [5.41, 5.74) is 1.37. The second-order valence-electron chi connectivity index (χ2n) is 4.50. The molecule has 0 spiro atoms. The molecule has 2 heteroatoms. The Morgan fingerprint density at radius 1 is 1.31 bits per heavy atom. The first-order valence-corrected chi connectivity index (χ1v) is 7.08. The Bertz CT molecular complexity index is 316. The zero-order valence-corrected chi connectivity index (χ0v) is 11.4. The number of halogens is 1. The maximum Gasteiger partial charge on any atom is 0.119 e. The highest BCUT2D eigenvalue weighted by Crippen LogP contribution is 2.38. The molecule has 0 heterocycles. The standard InChI is InChI=1S/C14H19BrO/c1-2-16-13-8-6-12(7-9-13)14(15)10-11-4-3-5-11/h6-9,11,14H,2-5,10H2,1H3. The zero-order chi connectivity index (χ0) is 11.4. The topological polar surface area (TPSA) is 9.23 Å². The quantitative estimate of drug-likeness (QED) is 0.711. The SMILES string of the molecule is CCOc1ccc(C(Br)CC2CCC2)cc1. The van der Waals surface area contributed by atoms with Crippen LogP contribution in [0.2, 0.25) is 0 Å². The summed E-state index contributed by atoms with van der Waals surface area (Å²) in [4.78, 5) is 0.508. The van der Waals surface area contributed by atoms with Gasteiger partial charge in [-0.15, -0.1) is 0 Å². The van der Waals surface area contributed by atoms with E-state index in [-0.39, 0.29) is 0 Å². The summed E-state index contributed by atoms with van der Waals surface area (Å²) in [6.45, 7) is 2.75. The number of ether oxygens (including phenoxy) is 1. The molecule has 1 aliphatic carbocycles. The lowest BCUT2D eigenvalue weighted by Gasteiger charge is -2.27. The van der Waals surface area contributed by atoms with Gasteiger partial charge in [-0.3, -0.25) is 0 Å². The van der Waals surface area contributed by atoms with Crippen LogP contribution in [0.25, 0.3) is 0 Å². The molecule has 1 atom stereocenters. The van der Waals surface area contributed by atoms with Crippen LogP contribution >= 0.6 is 15.9 Å². The summed E-state index contributed by atoms with van der Waals surface area (Å²) in [6, 6.07) is 8.47. The van der Waals surface area contributed by atoms with E-state index in [0.717, 1.165) is 18.3 Å². The summed E-state index contributed by atoms with van der Waals surface area (Å²) in [6.07, 6.45) is 5.53. The van der Waals surface area contributed by atoms with E-state index in [1.165, 1.54) is 31.2 Å². The molecule has 0 radical (unpaired) electrons. The van der Waals surface area contributed by atoms with Crippen molar-refractivity contribution in [3.05, 3.63) is 29.8 Å². The maximum atomic E-state index is 5.44. The molecule has 1 aliphatic rings. The van der Waals surface area contributed by atoms with Gasteiger partial charge in [0.15, 0.2) is 0 Å². The van der Waals surface area contributed by atoms with Crippen LogP contribution in [0.5, 0.6) is 5.75 Å². The molecule has 88 valence electrons. The fourth-order valence-electron chi connectivity index (χ4n) is 2.10. The van der Waals surface area contributed by atoms with E-state index in [2.05, 4.69) is 40.2 Å². The molecular formula is C14H19BrO. The molecule has 0 aliphatic heterocycles. The molecule has 1 saturated carbocycles. The van der Waals surface area contributed by atoms with Crippen molar-refractivity contribution in [2.45, 2.75) is 37.4 Å². The van der Waals surface area contributed by atoms with Crippen molar-refractivity contribution >= 4 is 15.9 Å². The predicted octanol–water partition coefficient (Wildman–Crippen LogP) is 4.71. The van der Waals surface area contributed by atoms with Crippen LogP contribution < -0.4 is 4.74 Å². The van der Waals surface area contributed by atoms with Crippen LogP contribution in [0.15, 0.2) is 24.3 Å². The minimum absolute atomic E-state index is 0.508. The van der Waals surface area contributed by atoms with E-state index < -0.39 is 0 Å². The third-order valence-corrected chi connectivity index (χ3v) is 4.22. The van der Waals surface area contributed by atoms with Gasteiger partial charge >= 0.3 is 0 Å². The molecule has 0 N–H and O–H groups in total. The van der Waals surface area contributed by atoms with Crippen molar-refractivity contribution in [2.75, 3.05) is 6.61 Å². The molecule has 0 amide bonds. The van der Waals surface area contributed by atoms with Crippen molar-refractivity contribution in [1.29, 1.82) is 0 Å². The van der Waals surface area contributed by atoms with Gasteiger partial charge in [0.1, 0.15) is 5.75 Å². The highest BCUT2D eigenvalue weighted by Gasteiger charge is 2.21. The Morgan fingerprint density at radius 3 is 2.50 bits per heavy atom. The van der Waals surface area contributed by atoms with Crippen LogP contribution in [0, 0.1) is 5.92 Å². The molecule has 0 aromatic heterocycles. The lowest BCUT2D eigenvalue weighted by Crippen LogP contribution is -2.12. The first-order valence-electron chi connectivity index (χ1n) is 6.16. The van der Waals surface area contributed by atoms with Crippen molar-refractivity contribution in [3.8, 4) is 5.75 Å². The van der Waals surface area contributed by atoms with Crippen LogP contribution in [0.3, 0.4) is 0 Å². The molecule has 2 rings (SSSR count). The largest absolute Gasteiger partial charge is 0.494 e. The summed E-state index contributed by atoms with van der Waals surface area (Å²) < 4.78 is 5.44. The van der Waals surface area contributed by atoms with Crippen LogP contribution in [-0.4, -0.2) is 6.61 Å². The highest BCUT2D eigenvalue weighted by molar-refractivity contribution is 9.09. The van der Waals surface area contributed by atoms with Crippen molar-refractivity contribution in [3.63, 3.8) is 0 Å². The van der Waals surface area contributed by atoms with Crippen molar-refractivity contribution < 1.29 is 4.74 Å². The van der Waals surface area contributed by atoms with Crippen LogP contribution in [0.1, 0.15) is 43.0 Å². The van der Waals surface area contributed by atoms with Gasteiger partial charge in [-0.2, -0.15) is 0 Å². The molecule has 1 fully saturated rings. The Morgan fingerprint density at radius 2 is 2.00 bits per heavy atom. The molecule has 16 heavy (non-hydrogen) atoms. The number of rotatable bonds is 5. The fraction of sp³-hybridized carbons (Fsp3) is 0.571. The molecule has 1 unspecified atom stereocenters. The first-order chi connectivity index (χ1) is 7.79. The monoisotopic (exact) mass is 282 g/mol. The molecule has 0 saturated heterocycles. The van der Waals surface area contributed by atoms with Gasteiger partial charge in [-0.1, -0.05) is 47.3 Å². The van der Waals surface area contributed by atoms with Crippen LogP contribution in [-0.2, 0) is 0 Å². The molecular weight excluding hydrogens is 264 g/mol. The fourth-order valence-corrected chi connectivity index (χ4v) is 2.93. The number of alkyl halides is 1. The van der Waals surface area contributed by atoms with E-state index in [1.807, 2.05) is 6.92 Å². The third kappa shape index (κ3) is 3.00. The zero-order valence-electron chi connectivity index (χ0n) is 9.79. The Labute approximate surface area is 106 Å². The van der Waals surface area contributed by atoms with Gasteiger partial charge in [0.25, 0.3) is 0 Å². The van der Waals surface area contributed by atoms with E-state index in [0.29, 0.717) is 4.83 Å². The highest BCUT2D eigenvalue weighted by atomic mass is 79.9. The second kappa shape index (κ2) is 5.72. The van der Waals surface area contributed by atoms with Gasteiger partial charge in [-0.25, -0.2) is 0 Å². The summed E-state index contributed by atoms with van der Waals surface area (Å²) >= 11 is 3.78. The van der Waals surface area contributed by atoms with Gasteiger partial charge in [0.05, 0.1) is 6.61 Å². The summed E-state index contributed by atoms with van der Waals surface area (Å²) in [5.74, 6) is 1.91. The Hall–Kier alpha value is -0.500. The predicted molar refractivity (Wildman–Crippen MR) is 71.2 cm³/mol. The van der Waals surface area contributed by atoms with E-state index in [9.17, 15) is 0 Å². The lowest BCUT2D eigenvalue weighted by molar-refractivity contribution is 0.295. The van der Waals surface area contributed by atoms with Gasteiger partial charge in [-0.05, 0) is 37.0 Å². The average molecular weight is 283 g/mol. The van der Waals surface area contributed by atoms with Gasteiger partial charge in [0.2, 0.25) is 0 Å². The van der Waals surface area contributed by atoms with E-state index in [1.54, 1.807) is 0 Å². The van der Waals surface area contributed by atoms with E-state index >= 15 is 0 Å². The maximum absolute atomic E-state index is 5.44. The van der Waals surface area contributed by atoms with Gasteiger partial charge in [0, 0.05) is 4.83 Å². The summed E-state index contributed by atoms with van der Waals surface area (Å²) in [7, 11) is 0. The molecule has 1 aromatic rings. The first kappa shape index (κ1) is 12.0. The Balaban J connectivity index is 1.91. The van der Waals surface area contributed by atoms with Crippen molar-refractivity contribution in [1.82, 2.24) is 0 Å². The van der Waals surface area contributed by atoms with Crippen molar-refractivity contribution in [2.24, 2.45) is 5.92 Å². The normalized spacial score (nSPS) is 17.9. The summed E-state index contributed by atoms with van der Waals surface area (Å²) in [5, 5.41) is 0. The number of benzene rings is 1. The second-order valence-corrected chi connectivity index (χ2v) is 5.61. The minimum Gasteiger partial charge on any atom is -0.494 e. The van der Waals surface area contributed by atoms with Crippen LogP contribution in [0.4, 0.5) is 0 Å². The third-order valence-electron chi connectivity index (χ3n) is 3.32. The molecule has 1 nitrogen and oxygen atoms in total.